The molecule has 0 bridgehead atoms. The minimum atomic E-state index is -0.421. The predicted molar refractivity (Wildman–Crippen MR) is 111 cm³/mol. The quantitative estimate of drug-likeness (QED) is 0.664. The molecule has 3 amide bonds. The highest BCUT2D eigenvalue weighted by Gasteiger charge is 2.36. The van der Waals surface area contributed by atoms with Crippen molar-refractivity contribution < 1.29 is 19.3 Å². The zero-order chi connectivity index (χ0) is 21.1. The zero-order valence-corrected chi connectivity index (χ0v) is 17.2. The van der Waals surface area contributed by atoms with Crippen molar-refractivity contribution in [1.82, 2.24) is 10.2 Å². The van der Waals surface area contributed by atoms with E-state index in [9.17, 15) is 14.4 Å². The molecular formula is C22H27N4O3+. The Morgan fingerprint density at radius 1 is 1.00 bits per heavy atom. The first-order valence-electron chi connectivity index (χ1n) is 9.59. The summed E-state index contributed by atoms with van der Waals surface area (Å²) in [7, 11) is 8.04. The van der Waals surface area contributed by atoms with Crippen molar-refractivity contribution in [3.05, 3.63) is 65.2 Å². The number of imide groups is 1. The van der Waals surface area contributed by atoms with E-state index in [-0.39, 0.29) is 18.5 Å². The Labute approximate surface area is 170 Å². The highest BCUT2D eigenvalue weighted by molar-refractivity contribution is 6.22. The number of hydrogen-bond donors (Lipinski definition) is 2. The first-order valence-corrected chi connectivity index (χ1v) is 9.59. The first-order chi connectivity index (χ1) is 13.8. The molecule has 0 spiro atoms. The molecule has 0 saturated carbocycles. The van der Waals surface area contributed by atoms with Crippen LogP contribution in [0.25, 0.3) is 0 Å². The van der Waals surface area contributed by atoms with Crippen LogP contribution < -0.4 is 15.1 Å². The third kappa shape index (κ3) is 4.30. The average molecular weight is 395 g/mol. The summed E-state index contributed by atoms with van der Waals surface area (Å²) in [6.45, 7) is 0.132. The van der Waals surface area contributed by atoms with E-state index >= 15 is 0 Å². The van der Waals surface area contributed by atoms with Gasteiger partial charge in [0.25, 0.3) is 11.8 Å². The summed E-state index contributed by atoms with van der Waals surface area (Å²) in [6.07, 6.45) is 0. The van der Waals surface area contributed by atoms with Crippen LogP contribution in [0.2, 0.25) is 0 Å². The molecule has 0 radical (unpaired) electrons. The summed E-state index contributed by atoms with van der Waals surface area (Å²) in [5.41, 5.74) is 2.91. The van der Waals surface area contributed by atoms with Gasteiger partial charge in [-0.2, -0.15) is 0 Å². The molecule has 2 N–H and O–H groups in total. The highest BCUT2D eigenvalue weighted by Crippen LogP contribution is 2.22. The van der Waals surface area contributed by atoms with Crippen LogP contribution in [-0.4, -0.2) is 63.9 Å². The second-order valence-corrected chi connectivity index (χ2v) is 7.66. The number of fused-ring (bicyclic) bond motifs is 1. The van der Waals surface area contributed by atoms with E-state index in [1.54, 1.807) is 24.3 Å². The van der Waals surface area contributed by atoms with E-state index in [4.69, 9.17) is 0 Å². The van der Waals surface area contributed by atoms with Gasteiger partial charge >= 0.3 is 0 Å². The Balaban J connectivity index is 1.63. The molecule has 0 aliphatic carbocycles. The number of rotatable bonds is 7. The second-order valence-electron chi connectivity index (χ2n) is 7.66. The number of likely N-dealkylation sites (N-methyl/N-ethyl adjacent to an activating group) is 1. The Bertz CT molecular complexity index is 887. The lowest BCUT2D eigenvalue weighted by molar-refractivity contribution is -0.890. The number of amides is 3. The SMILES string of the molecule is CN(C)c1ccc([C@@H](CNC(=O)CN2C(=O)c3ccccc3C2=O)[NH+](C)C)cc1. The Kier molecular flexibility index (Phi) is 5.98. The van der Waals surface area contributed by atoms with Crippen LogP contribution in [0.1, 0.15) is 32.3 Å². The van der Waals surface area contributed by atoms with E-state index in [1.807, 2.05) is 45.2 Å². The molecule has 0 aromatic heterocycles. The fraction of sp³-hybridized carbons (Fsp3) is 0.318. The molecule has 7 heteroatoms. The monoisotopic (exact) mass is 395 g/mol. The van der Waals surface area contributed by atoms with Gasteiger partial charge in [0.05, 0.1) is 31.8 Å². The highest BCUT2D eigenvalue weighted by atomic mass is 16.2. The lowest BCUT2D eigenvalue weighted by Gasteiger charge is -2.23. The van der Waals surface area contributed by atoms with Gasteiger partial charge in [-0.3, -0.25) is 19.3 Å². The van der Waals surface area contributed by atoms with Gasteiger partial charge in [0.1, 0.15) is 12.6 Å². The average Bonchev–Trinajstić information content (AvgIpc) is 2.93. The van der Waals surface area contributed by atoms with Crippen LogP contribution in [0.4, 0.5) is 5.69 Å². The van der Waals surface area contributed by atoms with Gasteiger partial charge in [-0.1, -0.05) is 24.3 Å². The van der Waals surface area contributed by atoms with Crippen molar-refractivity contribution in [1.29, 1.82) is 0 Å². The molecule has 2 aromatic rings. The van der Waals surface area contributed by atoms with E-state index < -0.39 is 11.8 Å². The van der Waals surface area contributed by atoms with Gasteiger partial charge in [-0.05, 0) is 24.3 Å². The number of carbonyl (C=O) groups excluding carboxylic acids is 3. The topological polar surface area (TPSA) is 74.2 Å². The molecule has 0 unspecified atom stereocenters. The van der Waals surface area contributed by atoms with Crippen molar-refractivity contribution in [2.45, 2.75) is 6.04 Å². The van der Waals surface area contributed by atoms with Gasteiger partial charge in [0.15, 0.2) is 0 Å². The Morgan fingerprint density at radius 3 is 2.03 bits per heavy atom. The Hall–Kier alpha value is -3.19. The van der Waals surface area contributed by atoms with Crippen LogP contribution in [0.15, 0.2) is 48.5 Å². The van der Waals surface area contributed by atoms with Crippen molar-refractivity contribution >= 4 is 23.4 Å². The van der Waals surface area contributed by atoms with Crippen molar-refractivity contribution in [2.24, 2.45) is 0 Å². The summed E-state index contributed by atoms with van der Waals surface area (Å²) in [5, 5.41) is 2.88. The van der Waals surface area contributed by atoms with Gasteiger partial charge < -0.3 is 15.1 Å². The summed E-state index contributed by atoms with van der Waals surface area (Å²) in [6, 6.07) is 14.9. The number of hydrogen-bond acceptors (Lipinski definition) is 4. The van der Waals surface area contributed by atoms with Crippen molar-refractivity contribution in [2.75, 3.05) is 46.2 Å². The lowest BCUT2D eigenvalue weighted by atomic mass is 10.1. The number of quaternary nitrogens is 1. The molecule has 3 rings (SSSR count). The van der Waals surface area contributed by atoms with Gasteiger partial charge in [-0.25, -0.2) is 0 Å². The number of nitrogens with zero attached hydrogens (tertiary/aromatic N) is 2. The van der Waals surface area contributed by atoms with Gasteiger partial charge in [0, 0.05) is 25.3 Å². The maximum Gasteiger partial charge on any atom is 0.262 e. The standard InChI is InChI=1S/C22H26N4O3/c1-24(2)16-11-9-15(10-12-16)19(25(3)4)13-23-20(27)14-26-21(28)17-7-5-6-8-18(17)22(26)29/h5-12,19H,13-14H2,1-4H3,(H,23,27)/p+1/t19-/m1/s1. The smallest absolute Gasteiger partial charge is 0.262 e. The first kappa shape index (κ1) is 20.5. The molecule has 1 heterocycles. The molecule has 152 valence electrons. The van der Waals surface area contributed by atoms with Crippen molar-refractivity contribution in [3.8, 4) is 0 Å². The van der Waals surface area contributed by atoms with E-state index in [0.29, 0.717) is 17.7 Å². The van der Waals surface area contributed by atoms with Crippen LogP contribution in [-0.2, 0) is 4.79 Å². The molecule has 1 atom stereocenters. The second kappa shape index (κ2) is 8.45. The summed E-state index contributed by atoms with van der Waals surface area (Å²) < 4.78 is 0. The minimum absolute atomic E-state index is 0.0531. The third-order valence-electron chi connectivity index (χ3n) is 5.19. The van der Waals surface area contributed by atoms with Crippen LogP contribution in [0.3, 0.4) is 0 Å². The molecule has 1 aliphatic heterocycles. The summed E-state index contributed by atoms with van der Waals surface area (Å²) in [5.74, 6) is -1.19. The van der Waals surface area contributed by atoms with E-state index in [1.165, 1.54) is 4.90 Å². The molecule has 2 aromatic carbocycles. The maximum absolute atomic E-state index is 12.5. The van der Waals surface area contributed by atoms with Gasteiger partial charge in [-0.15, -0.1) is 0 Å². The number of nitrogens with one attached hydrogen (secondary N) is 2. The largest absolute Gasteiger partial charge is 0.378 e. The molecule has 0 fully saturated rings. The molecule has 1 aliphatic rings. The van der Waals surface area contributed by atoms with E-state index in [2.05, 4.69) is 17.4 Å². The normalized spacial score (nSPS) is 14.2. The summed E-state index contributed by atoms with van der Waals surface area (Å²) >= 11 is 0. The molecular weight excluding hydrogens is 368 g/mol. The number of benzene rings is 2. The Morgan fingerprint density at radius 2 is 1.55 bits per heavy atom. The fourth-order valence-electron chi connectivity index (χ4n) is 3.46. The maximum atomic E-state index is 12.5. The van der Waals surface area contributed by atoms with Crippen molar-refractivity contribution in [3.63, 3.8) is 0 Å². The van der Waals surface area contributed by atoms with Crippen LogP contribution in [0, 0.1) is 0 Å². The zero-order valence-electron chi connectivity index (χ0n) is 17.2. The fourth-order valence-corrected chi connectivity index (χ4v) is 3.46. The summed E-state index contributed by atoms with van der Waals surface area (Å²) in [4.78, 5) is 41.5. The van der Waals surface area contributed by atoms with Crippen LogP contribution >= 0.6 is 0 Å². The van der Waals surface area contributed by atoms with Crippen LogP contribution in [0.5, 0.6) is 0 Å². The predicted octanol–water partition coefficient (Wildman–Crippen LogP) is 0.351. The van der Waals surface area contributed by atoms with Gasteiger partial charge in [0.2, 0.25) is 5.91 Å². The molecule has 7 nitrogen and oxygen atoms in total. The number of anilines is 1. The van der Waals surface area contributed by atoms with E-state index in [0.717, 1.165) is 16.2 Å². The molecule has 29 heavy (non-hydrogen) atoms. The third-order valence-corrected chi connectivity index (χ3v) is 5.19. The minimum Gasteiger partial charge on any atom is -0.378 e. The lowest BCUT2D eigenvalue weighted by Crippen LogP contribution is -3.07. The number of carbonyl (C=O) groups is 3. The molecule has 0 saturated heterocycles.